The topological polar surface area (TPSA) is 213 Å². The lowest BCUT2D eigenvalue weighted by atomic mass is 9.82. The average Bonchev–Trinajstić information content (AvgIpc) is 4.04. The van der Waals surface area contributed by atoms with E-state index in [0.29, 0.717) is 60.3 Å². The van der Waals surface area contributed by atoms with Crippen LogP contribution in [0, 0.1) is 17.3 Å². The van der Waals surface area contributed by atoms with Gasteiger partial charge in [-0.3, -0.25) is 47.9 Å². The highest BCUT2D eigenvalue weighted by atomic mass is 32.1. The van der Waals surface area contributed by atoms with Crippen molar-refractivity contribution < 1.29 is 47.5 Å². The lowest BCUT2D eigenvalue weighted by Gasteiger charge is -2.40. The van der Waals surface area contributed by atoms with Crippen LogP contribution in [0.5, 0.6) is 0 Å². The van der Waals surface area contributed by atoms with E-state index < -0.39 is 48.9 Å². The van der Waals surface area contributed by atoms with Crippen LogP contribution < -0.4 is 16.3 Å². The Morgan fingerprint density at radius 2 is 1.68 bits per heavy atom. The molecule has 9 rings (SSSR count). The first-order chi connectivity index (χ1) is 33.7. The molecule has 0 spiro atoms. The number of carbonyl (C=O) groups is 5. The molecule has 5 amide bonds. The third-order valence-electron chi connectivity index (χ3n) is 14.8. The van der Waals surface area contributed by atoms with Crippen LogP contribution in [0.25, 0.3) is 21.1 Å². The van der Waals surface area contributed by atoms with Crippen LogP contribution in [0.4, 0.5) is 4.39 Å². The zero-order valence-corrected chi connectivity index (χ0v) is 42.0. The summed E-state index contributed by atoms with van der Waals surface area (Å²) in [6.45, 7) is 9.23. The molecule has 4 N–H and O–H groups in total. The van der Waals surface area contributed by atoms with Gasteiger partial charge in [0.25, 0.3) is 5.91 Å². The van der Waals surface area contributed by atoms with Gasteiger partial charge in [-0.2, -0.15) is 0 Å². The molecule has 0 aliphatic carbocycles. The van der Waals surface area contributed by atoms with E-state index >= 15 is 9.59 Å². The third kappa shape index (κ3) is 10.5. The van der Waals surface area contributed by atoms with Crippen LogP contribution in [0.15, 0.2) is 77.6 Å². The maximum absolute atomic E-state index is 15.1. The molecule has 1 unspecified atom stereocenters. The van der Waals surface area contributed by atoms with Crippen molar-refractivity contribution in [2.75, 3.05) is 39.3 Å². The summed E-state index contributed by atoms with van der Waals surface area (Å²) in [6.07, 6.45) is 3.21. The Hall–Kier alpha value is -5.56. The second-order valence-corrected chi connectivity index (χ2v) is 23.4. The van der Waals surface area contributed by atoms with E-state index in [1.54, 1.807) is 16.5 Å². The smallest absolute Gasteiger partial charge is 0.363 e. The molecule has 0 bridgehead atoms. The highest BCUT2D eigenvalue weighted by Gasteiger charge is 2.48. The van der Waals surface area contributed by atoms with Crippen LogP contribution >= 0.6 is 18.9 Å². The lowest BCUT2D eigenvalue weighted by molar-refractivity contribution is -0.152. The number of halogens is 1. The van der Waals surface area contributed by atoms with Crippen molar-refractivity contribution in [1.82, 2.24) is 34.5 Å². The van der Waals surface area contributed by atoms with Gasteiger partial charge in [0.05, 0.1) is 29.1 Å². The van der Waals surface area contributed by atoms with Crippen LogP contribution in [-0.2, 0) is 42.1 Å². The number of morpholine rings is 1. The number of imide groups is 1. The van der Waals surface area contributed by atoms with E-state index in [0.717, 1.165) is 54.8 Å². The molecule has 0 saturated carbocycles. The van der Waals surface area contributed by atoms with Crippen molar-refractivity contribution in [2.45, 2.75) is 96.0 Å². The van der Waals surface area contributed by atoms with Gasteiger partial charge >= 0.3 is 13.3 Å². The minimum absolute atomic E-state index is 0.139. The first-order valence-corrected chi connectivity index (χ1v) is 26.8. The van der Waals surface area contributed by atoms with Crippen molar-refractivity contribution in [2.24, 2.45) is 24.3 Å². The second-order valence-electron chi connectivity index (χ2n) is 20.6. The Morgan fingerprint density at radius 3 is 2.38 bits per heavy atom. The number of imidazole rings is 1. The number of amides is 5. The van der Waals surface area contributed by atoms with E-state index in [1.807, 2.05) is 74.2 Å². The summed E-state index contributed by atoms with van der Waals surface area (Å²) in [5, 5.41) is 5.77. The molecular weight excluding hydrogens is 953 g/mol. The van der Waals surface area contributed by atoms with Gasteiger partial charge in [-0.05, 0) is 115 Å². The summed E-state index contributed by atoms with van der Waals surface area (Å²) >= 11 is 1.12. The number of ether oxygens (including phenoxy) is 1. The van der Waals surface area contributed by atoms with Gasteiger partial charge in [-0.25, -0.2) is 9.18 Å². The number of likely N-dealkylation sites (tertiary alicyclic amines) is 2. The number of benzene rings is 3. The van der Waals surface area contributed by atoms with Crippen molar-refractivity contribution in [3.05, 3.63) is 105 Å². The number of piperidine rings is 2. The van der Waals surface area contributed by atoms with E-state index in [-0.39, 0.29) is 64.6 Å². The van der Waals surface area contributed by atoms with Crippen LogP contribution in [-0.4, -0.2) is 115 Å². The number of alkyl halides is 1. The third-order valence-corrected chi connectivity index (χ3v) is 16.8. The predicted octanol–water partition coefficient (Wildman–Crippen LogP) is 5.94. The van der Waals surface area contributed by atoms with Gasteiger partial charge in [0.15, 0.2) is 0 Å². The quantitative estimate of drug-likeness (QED) is 0.0848. The summed E-state index contributed by atoms with van der Waals surface area (Å²) in [6, 6.07) is 18.7. The minimum Gasteiger partial charge on any atom is -0.370 e. The molecule has 4 saturated heterocycles. The van der Waals surface area contributed by atoms with E-state index in [4.69, 9.17) is 4.74 Å². The van der Waals surface area contributed by atoms with E-state index in [9.17, 15) is 37.9 Å². The van der Waals surface area contributed by atoms with Gasteiger partial charge in [0.2, 0.25) is 29.5 Å². The second kappa shape index (κ2) is 20.2. The molecule has 4 fully saturated rings. The largest absolute Gasteiger partial charge is 0.370 e. The van der Waals surface area contributed by atoms with Crippen molar-refractivity contribution in [3.8, 4) is 0 Å². The van der Waals surface area contributed by atoms with Crippen molar-refractivity contribution in [3.63, 3.8) is 0 Å². The fourth-order valence-corrected chi connectivity index (χ4v) is 12.4. The molecule has 20 heteroatoms. The first-order valence-electron chi connectivity index (χ1n) is 24.3. The first kappa shape index (κ1) is 50.4. The Morgan fingerprint density at radius 1 is 0.930 bits per heavy atom. The zero-order valence-electron chi connectivity index (χ0n) is 40.3. The molecule has 0 radical (unpaired) electrons. The molecular formula is C51H61FN7O10PS. The Balaban J connectivity index is 0.908. The molecule has 6 heterocycles. The fraction of sp³-hybridized carbons (Fsp3) is 0.490. The van der Waals surface area contributed by atoms with Crippen LogP contribution in [0.3, 0.4) is 0 Å². The molecule has 4 aliphatic heterocycles. The van der Waals surface area contributed by atoms with E-state index in [1.165, 1.54) is 28.8 Å². The summed E-state index contributed by atoms with van der Waals surface area (Å²) in [5.41, 5.74) is 2.03. The fourth-order valence-electron chi connectivity index (χ4n) is 10.9. The van der Waals surface area contributed by atoms with Gasteiger partial charge in [-0.15, -0.1) is 11.3 Å². The highest BCUT2D eigenvalue weighted by molar-refractivity contribution is 7.51. The molecule has 2 aromatic heterocycles. The summed E-state index contributed by atoms with van der Waals surface area (Å²) < 4.78 is 36.0. The molecule has 17 nitrogen and oxygen atoms in total. The number of hydrogen-bond donors (Lipinski definition) is 4. The SMILES string of the molecule is Cn1c(=O)n(C2CCC(=O)NC2=O)c2ccc(CN3CCC(C[C@@H]4CCN(C(=O)[C@@H](NC(=O)c5cc6cc([C@@H](F)P(=O)(O)O)ccc6s5)C(C)(C)C)[C@@H]4C(=O)N4CCO[C@H](c5ccccc5)C4)CC3)cc21. The van der Waals surface area contributed by atoms with Crippen LogP contribution in [0.2, 0.25) is 0 Å². The number of nitrogens with one attached hydrogen (secondary N) is 2. The molecule has 6 atom stereocenters. The lowest BCUT2D eigenvalue weighted by Crippen LogP contribution is -2.59. The maximum atomic E-state index is 15.1. The van der Waals surface area contributed by atoms with Gasteiger partial charge in [-0.1, -0.05) is 63.2 Å². The Kier molecular flexibility index (Phi) is 14.3. The van der Waals surface area contributed by atoms with Crippen molar-refractivity contribution >= 4 is 69.6 Å². The normalized spacial score (nSPS) is 22.7. The molecule has 4 aliphatic rings. The molecule has 378 valence electrons. The monoisotopic (exact) mass is 1010 g/mol. The minimum atomic E-state index is -5.05. The molecule has 71 heavy (non-hydrogen) atoms. The predicted molar refractivity (Wildman–Crippen MR) is 265 cm³/mol. The summed E-state index contributed by atoms with van der Waals surface area (Å²) in [7, 11) is -3.37. The zero-order chi connectivity index (χ0) is 50.5. The number of aromatic nitrogens is 2. The Bertz CT molecular complexity index is 2980. The number of thiophene rings is 1. The van der Waals surface area contributed by atoms with Gasteiger partial charge in [0.1, 0.15) is 24.2 Å². The van der Waals surface area contributed by atoms with Gasteiger partial charge in [0, 0.05) is 37.8 Å². The van der Waals surface area contributed by atoms with Crippen LogP contribution in [0.1, 0.15) is 104 Å². The summed E-state index contributed by atoms with van der Waals surface area (Å²) in [4.78, 5) is 107. The number of carbonyl (C=O) groups excluding carboxylic acids is 5. The number of hydrogen-bond acceptors (Lipinski definition) is 10. The van der Waals surface area contributed by atoms with E-state index in [2.05, 4.69) is 15.5 Å². The molecule has 3 aromatic carbocycles. The van der Waals surface area contributed by atoms with Gasteiger partial charge < -0.3 is 29.6 Å². The average molecular weight is 1010 g/mol. The number of rotatable bonds is 12. The number of nitrogens with zero attached hydrogens (tertiary/aromatic N) is 5. The number of fused-ring (bicyclic) bond motifs is 2. The summed E-state index contributed by atoms with van der Waals surface area (Å²) in [5.74, 6) is -4.21. The molecule has 5 aromatic rings. The van der Waals surface area contributed by atoms with Crippen molar-refractivity contribution in [1.29, 1.82) is 0 Å². The maximum Gasteiger partial charge on any atom is 0.363 e. The Labute approximate surface area is 414 Å². The number of aryl methyl sites for hydroxylation is 1. The highest BCUT2D eigenvalue weighted by Crippen LogP contribution is 2.53. The standard InChI is InChI=1S/C51H61FN7O10PS/c1-51(2,3)44(54-47(62)41-27-35-26-34(11-14-40(35)71-41)45(52)70(66,67)68)49(64)58-21-18-33(43(58)48(63)57-22-23-69-39(29-57)32-8-6-5-7-9-32)24-30-16-19-56(20-17-30)28-31-10-12-36-38(25-31)55(4)50(65)59(36)37-13-15-42(60)53-46(37)61/h5-12,14,25-27,30,33,37,39,43-45H,13,15-24,28-29H2,1-4H3,(H,54,62)(H,53,60,61)(H2,66,67,68)/t33-,37?,39-,43-,44+,45-/m0/s1.